The number of hydrogen-bond acceptors (Lipinski definition) is 6. The maximum Gasteiger partial charge on any atom is 0.261 e. The van der Waals surface area contributed by atoms with Crippen molar-refractivity contribution in [2.75, 3.05) is 26.2 Å². The fourth-order valence-electron chi connectivity index (χ4n) is 5.33. The third-order valence-corrected chi connectivity index (χ3v) is 7.04. The van der Waals surface area contributed by atoms with E-state index in [9.17, 15) is 14.0 Å². The number of benzene rings is 1. The van der Waals surface area contributed by atoms with E-state index in [1.54, 1.807) is 34.2 Å². The van der Waals surface area contributed by atoms with Gasteiger partial charge in [0.2, 0.25) is 5.91 Å². The lowest BCUT2D eigenvalue weighted by Crippen LogP contribution is -2.33. The summed E-state index contributed by atoms with van der Waals surface area (Å²) in [4.78, 5) is 37.7. The highest BCUT2D eigenvalue weighted by molar-refractivity contribution is 5.97. The van der Waals surface area contributed by atoms with Crippen LogP contribution in [0.4, 0.5) is 4.39 Å². The molecule has 0 saturated carbocycles. The van der Waals surface area contributed by atoms with Crippen molar-refractivity contribution in [3.05, 3.63) is 83.0 Å². The molecule has 0 bridgehead atoms. The maximum absolute atomic E-state index is 13.8. The standard InChI is InChI=1S/C27H30FN7O2/c1-17-26(18(2)35(32-17)25-12-29-8-9-30-25)27(37)34-15-21-13-33(14-22(21)16-34)10-7-24(31-19(3)36)20-5-4-6-23(28)11-20/h4-6,8-9,11-12,15,22,24H,7,10,13-14,16H2,1-3H3,(H,31,36)/t22?,24-/m0/s1. The van der Waals surface area contributed by atoms with Gasteiger partial charge in [-0.15, -0.1) is 0 Å². The second kappa shape index (κ2) is 10.2. The highest BCUT2D eigenvalue weighted by atomic mass is 19.1. The van der Waals surface area contributed by atoms with Gasteiger partial charge in [-0.25, -0.2) is 14.1 Å². The summed E-state index contributed by atoms with van der Waals surface area (Å²) in [5.74, 6) is 0.331. The van der Waals surface area contributed by atoms with Crippen LogP contribution in [0.3, 0.4) is 0 Å². The number of rotatable bonds is 7. The first-order valence-corrected chi connectivity index (χ1v) is 12.4. The lowest BCUT2D eigenvalue weighted by Gasteiger charge is -2.23. The van der Waals surface area contributed by atoms with E-state index in [0.717, 1.165) is 30.9 Å². The first kappa shape index (κ1) is 24.8. The Balaban J connectivity index is 1.24. The number of carbonyl (C=O) groups is 2. The molecule has 2 aliphatic rings. The smallest absolute Gasteiger partial charge is 0.261 e. The molecule has 1 aromatic carbocycles. The van der Waals surface area contributed by atoms with Crippen molar-refractivity contribution < 1.29 is 14.0 Å². The lowest BCUT2D eigenvalue weighted by atomic mass is 10.0. The Bertz CT molecular complexity index is 1350. The van der Waals surface area contributed by atoms with Crippen molar-refractivity contribution in [3.63, 3.8) is 0 Å². The van der Waals surface area contributed by atoms with Gasteiger partial charge in [-0.05, 0) is 43.5 Å². The Labute approximate surface area is 215 Å². The van der Waals surface area contributed by atoms with Crippen LogP contribution in [0.2, 0.25) is 0 Å². The molecule has 3 aromatic rings. The number of aromatic nitrogens is 4. The summed E-state index contributed by atoms with van der Waals surface area (Å²) in [5.41, 5.74) is 3.98. The van der Waals surface area contributed by atoms with Crippen LogP contribution in [0.1, 0.15) is 46.7 Å². The first-order chi connectivity index (χ1) is 17.8. The number of hydrogen-bond donors (Lipinski definition) is 1. The lowest BCUT2D eigenvalue weighted by molar-refractivity contribution is -0.119. The van der Waals surface area contributed by atoms with Gasteiger partial charge < -0.3 is 10.2 Å². The van der Waals surface area contributed by atoms with E-state index >= 15 is 0 Å². The molecule has 1 fully saturated rings. The number of amides is 2. The van der Waals surface area contributed by atoms with Crippen LogP contribution in [0.15, 0.2) is 54.6 Å². The monoisotopic (exact) mass is 503 g/mol. The van der Waals surface area contributed by atoms with Gasteiger partial charge in [-0.1, -0.05) is 12.1 Å². The zero-order valence-corrected chi connectivity index (χ0v) is 21.2. The molecule has 5 rings (SSSR count). The molecule has 192 valence electrons. The van der Waals surface area contributed by atoms with Crippen LogP contribution in [0.5, 0.6) is 0 Å². The molecule has 1 unspecified atom stereocenters. The molecule has 37 heavy (non-hydrogen) atoms. The van der Waals surface area contributed by atoms with Crippen LogP contribution in [0, 0.1) is 25.6 Å². The molecular weight excluding hydrogens is 473 g/mol. The Kier molecular flexibility index (Phi) is 6.84. The minimum atomic E-state index is -0.314. The molecule has 4 heterocycles. The predicted octanol–water partition coefficient (Wildman–Crippen LogP) is 2.96. The van der Waals surface area contributed by atoms with E-state index in [1.165, 1.54) is 24.6 Å². The largest absolute Gasteiger partial charge is 0.349 e. The van der Waals surface area contributed by atoms with Gasteiger partial charge in [0.05, 0.1) is 29.2 Å². The van der Waals surface area contributed by atoms with Gasteiger partial charge in [0, 0.05) is 57.6 Å². The van der Waals surface area contributed by atoms with Crippen LogP contribution in [-0.4, -0.2) is 67.5 Å². The quantitative estimate of drug-likeness (QED) is 0.533. The van der Waals surface area contributed by atoms with Crippen molar-refractivity contribution in [2.45, 2.75) is 33.2 Å². The molecule has 2 atom stereocenters. The van der Waals surface area contributed by atoms with Crippen molar-refractivity contribution in [2.24, 2.45) is 5.92 Å². The average Bonchev–Trinajstić information content (AvgIpc) is 3.53. The highest BCUT2D eigenvalue weighted by Crippen LogP contribution is 2.32. The molecular formula is C27H30FN7O2. The Morgan fingerprint density at radius 3 is 2.76 bits per heavy atom. The average molecular weight is 504 g/mol. The second-order valence-corrected chi connectivity index (χ2v) is 9.71. The van der Waals surface area contributed by atoms with Gasteiger partial charge >= 0.3 is 0 Å². The Morgan fingerprint density at radius 1 is 1.22 bits per heavy atom. The third kappa shape index (κ3) is 5.15. The van der Waals surface area contributed by atoms with Crippen molar-refractivity contribution in [1.29, 1.82) is 0 Å². The van der Waals surface area contributed by atoms with E-state index in [0.29, 0.717) is 30.0 Å². The van der Waals surface area contributed by atoms with Gasteiger partial charge in [-0.2, -0.15) is 5.10 Å². The first-order valence-electron chi connectivity index (χ1n) is 12.4. The number of carbonyl (C=O) groups excluding carboxylic acids is 2. The van der Waals surface area contributed by atoms with Crippen LogP contribution in [-0.2, 0) is 4.79 Å². The summed E-state index contributed by atoms with van der Waals surface area (Å²) in [6.07, 6.45) is 7.47. The van der Waals surface area contributed by atoms with E-state index < -0.39 is 0 Å². The molecule has 1 saturated heterocycles. The van der Waals surface area contributed by atoms with Crippen molar-refractivity contribution in [3.8, 4) is 5.82 Å². The number of likely N-dealkylation sites (tertiary alicyclic amines) is 1. The summed E-state index contributed by atoms with van der Waals surface area (Å²) in [7, 11) is 0. The van der Waals surface area contributed by atoms with Gasteiger partial charge in [-0.3, -0.25) is 19.5 Å². The van der Waals surface area contributed by atoms with E-state index in [1.807, 2.05) is 26.1 Å². The Hall–Kier alpha value is -3.92. The van der Waals surface area contributed by atoms with Crippen LogP contribution >= 0.6 is 0 Å². The van der Waals surface area contributed by atoms with Gasteiger partial charge in [0.25, 0.3) is 5.91 Å². The van der Waals surface area contributed by atoms with E-state index in [2.05, 4.69) is 25.3 Å². The second-order valence-electron chi connectivity index (χ2n) is 9.71. The molecule has 0 aliphatic carbocycles. The number of nitrogens with zero attached hydrogens (tertiary/aromatic N) is 6. The predicted molar refractivity (Wildman–Crippen MR) is 135 cm³/mol. The fraction of sp³-hybridized carbons (Fsp3) is 0.370. The van der Waals surface area contributed by atoms with Crippen LogP contribution < -0.4 is 5.32 Å². The zero-order chi connectivity index (χ0) is 26.1. The van der Waals surface area contributed by atoms with Gasteiger partial charge in [0.15, 0.2) is 5.82 Å². The summed E-state index contributed by atoms with van der Waals surface area (Å²) < 4.78 is 15.4. The number of fused-ring (bicyclic) bond motifs is 1. The molecule has 2 amide bonds. The Morgan fingerprint density at radius 2 is 2.05 bits per heavy atom. The normalized spacial score (nSPS) is 18.0. The minimum absolute atomic E-state index is 0.0598. The van der Waals surface area contributed by atoms with E-state index in [-0.39, 0.29) is 29.6 Å². The third-order valence-electron chi connectivity index (χ3n) is 7.04. The molecule has 2 aliphatic heterocycles. The molecule has 9 nitrogen and oxygen atoms in total. The summed E-state index contributed by atoms with van der Waals surface area (Å²) in [6.45, 7) is 8.17. The highest BCUT2D eigenvalue weighted by Gasteiger charge is 2.37. The van der Waals surface area contributed by atoms with Crippen molar-refractivity contribution >= 4 is 11.8 Å². The molecule has 0 radical (unpaired) electrons. The molecule has 1 N–H and O–H groups in total. The zero-order valence-electron chi connectivity index (χ0n) is 21.2. The topological polar surface area (TPSA) is 96.2 Å². The fourth-order valence-corrected chi connectivity index (χ4v) is 5.33. The van der Waals surface area contributed by atoms with Crippen molar-refractivity contribution in [1.82, 2.24) is 34.9 Å². The van der Waals surface area contributed by atoms with Gasteiger partial charge in [0.1, 0.15) is 5.82 Å². The molecule has 0 spiro atoms. The SMILES string of the molecule is CC(=O)N[C@@H](CCN1CC2=CN(C(=O)c3c(C)nn(-c4cnccn4)c3C)CC2C1)c1cccc(F)c1. The maximum atomic E-state index is 13.8. The summed E-state index contributed by atoms with van der Waals surface area (Å²) in [5, 5.41) is 7.48. The summed E-state index contributed by atoms with van der Waals surface area (Å²) >= 11 is 0. The molecule has 2 aromatic heterocycles. The number of aryl methyl sites for hydroxylation is 1. The van der Waals surface area contributed by atoms with Crippen LogP contribution in [0.25, 0.3) is 5.82 Å². The number of halogens is 1. The summed E-state index contributed by atoms with van der Waals surface area (Å²) in [6, 6.07) is 6.13. The van der Waals surface area contributed by atoms with E-state index in [4.69, 9.17) is 0 Å². The molecule has 10 heteroatoms. The number of nitrogens with one attached hydrogen (secondary N) is 1. The minimum Gasteiger partial charge on any atom is -0.349 e.